The van der Waals surface area contributed by atoms with Crippen LogP contribution in [0.5, 0.6) is 0 Å². The summed E-state index contributed by atoms with van der Waals surface area (Å²) in [4.78, 5) is 12.3. The fourth-order valence-corrected chi connectivity index (χ4v) is 3.33. The first-order valence-corrected chi connectivity index (χ1v) is 8.23. The van der Waals surface area contributed by atoms with E-state index in [0.29, 0.717) is 17.4 Å². The second-order valence-corrected chi connectivity index (χ2v) is 6.65. The average Bonchev–Trinajstić information content (AvgIpc) is 3.45. The molecule has 120 valence electrons. The van der Waals surface area contributed by atoms with E-state index in [0.717, 1.165) is 30.7 Å². The smallest absolute Gasteiger partial charge is 0.224 e. The first-order valence-electron chi connectivity index (χ1n) is 7.82. The molecule has 1 aromatic heterocycles. The van der Waals surface area contributed by atoms with Crippen molar-refractivity contribution in [2.75, 3.05) is 0 Å². The van der Waals surface area contributed by atoms with Crippen LogP contribution in [-0.2, 0) is 11.3 Å². The van der Waals surface area contributed by atoms with E-state index >= 15 is 0 Å². The first kappa shape index (κ1) is 14.6. The van der Waals surface area contributed by atoms with Crippen LogP contribution in [0.4, 0.5) is 4.39 Å². The van der Waals surface area contributed by atoms with E-state index in [1.807, 2.05) is 4.57 Å². The molecule has 2 atom stereocenters. The van der Waals surface area contributed by atoms with E-state index in [4.69, 9.17) is 12.2 Å². The van der Waals surface area contributed by atoms with Crippen LogP contribution in [0.2, 0.25) is 0 Å². The van der Waals surface area contributed by atoms with Gasteiger partial charge in [0.05, 0.1) is 6.54 Å². The maximum atomic E-state index is 12.9. The molecule has 4 rings (SSSR count). The van der Waals surface area contributed by atoms with Gasteiger partial charge < -0.3 is 5.32 Å². The van der Waals surface area contributed by atoms with Crippen LogP contribution in [0, 0.1) is 16.5 Å². The number of carbonyl (C=O) groups is 1. The van der Waals surface area contributed by atoms with Gasteiger partial charge in [-0.25, -0.2) is 4.39 Å². The van der Waals surface area contributed by atoms with Crippen molar-refractivity contribution in [3.8, 4) is 0 Å². The van der Waals surface area contributed by atoms with E-state index in [2.05, 4.69) is 15.5 Å². The van der Waals surface area contributed by atoms with Gasteiger partial charge in [-0.2, -0.15) is 5.10 Å². The third kappa shape index (κ3) is 2.93. The summed E-state index contributed by atoms with van der Waals surface area (Å²) < 4.78 is 15.6. The van der Waals surface area contributed by atoms with Crippen LogP contribution in [0.25, 0.3) is 0 Å². The van der Waals surface area contributed by atoms with E-state index in [9.17, 15) is 9.18 Å². The highest BCUT2D eigenvalue weighted by molar-refractivity contribution is 7.71. The predicted octanol–water partition coefficient (Wildman–Crippen LogP) is 2.83. The monoisotopic (exact) mass is 332 g/mol. The summed E-state index contributed by atoms with van der Waals surface area (Å²) in [6, 6.07) is 6.82. The lowest BCUT2D eigenvalue weighted by molar-refractivity contribution is -0.122. The predicted molar refractivity (Wildman–Crippen MR) is 84.8 cm³/mol. The third-order valence-corrected chi connectivity index (χ3v) is 4.82. The Hall–Kier alpha value is -2.02. The lowest BCUT2D eigenvalue weighted by Gasteiger charge is -2.07. The Morgan fingerprint density at radius 1 is 1.39 bits per heavy atom. The Morgan fingerprint density at radius 3 is 2.83 bits per heavy atom. The van der Waals surface area contributed by atoms with Crippen molar-refractivity contribution in [2.45, 2.75) is 37.8 Å². The largest absolute Gasteiger partial charge is 0.349 e. The van der Waals surface area contributed by atoms with Crippen LogP contribution in [0.3, 0.4) is 0 Å². The van der Waals surface area contributed by atoms with Crippen molar-refractivity contribution < 1.29 is 9.18 Å². The van der Waals surface area contributed by atoms with Crippen molar-refractivity contribution in [2.24, 2.45) is 5.92 Å². The molecule has 7 heteroatoms. The van der Waals surface area contributed by atoms with Gasteiger partial charge in [-0.05, 0) is 55.1 Å². The van der Waals surface area contributed by atoms with Gasteiger partial charge in [0.25, 0.3) is 0 Å². The molecule has 0 bridgehead atoms. The number of rotatable bonds is 5. The molecule has 2 fully saturated rings. The number of halogens is 1. The fraction of sp³-hybridized carbons (Fsp3) is 0.438. The second-order valence-electron chi connectivity index (χ2n) is 6.26. The second kappa shape index (κ2) is 5.56. The van der Waals surface area contributed by atoms with Gasteiger partial charge >= 0.3 is 0 Å². The zero-order valence-corrected chi connectivity index (χ0v) is 13.3. The topological polar surface area (TPSA) is 62.7 Å². The van der Waals surface area contributed by atoms with Gasteiger partial charge in [-0.15, -0.1) is 0 Å². The molecule has 2 aromatic rings. The summed E-state index contributed by atoms with van der Waals surface area (Å²) in [7, 11) is 0. The minimum absolute atomic E-state index is 0.0237. The highest BCUT2D eigenvalue weighted by Crippen LogP contribution is 2.47. The standard InChI is InChI=1S/C16H17FN4OS/c17-10-3-1-9(2-4-10)12-7-13(12)15(22)18-8-14-19-20-16(23)21(14)11-5-6-11/h1-4,11-13H,5-8H2,(H,18,22)(H,20,23). The number of nitrogens with zero attached hydrogens (tertiary/aromatic N) is 2. The van der Waals surface area contributed by atoms with Crippen molar-refractivity contribution in [1.82, 2.24) is 20.1 Å². The van der Waals surface area contributed by atoms with E-state index in [1.54, 1.807) is 12.1 Å². The zero-order valence-electron chi connectivity index (χ0n) is 12.5. The van der Waals surface area contributed by atoms with Crippen LogP contribution in [0.1, 0.15) is 42.6 Å². The molecule has 5 nitrogen and oxygen atoms in total. The van der Waals surface area contributed by atoms with E-state index < -0.39 is 0 Å². The van der Waals surface area contributed by atoms with E-state index in [1.165, 1.54) is 12.1 Å². The minimum Gasteiger partial charge on any atom is -0.349 e. The first-order chi connectivity index (χ1) is 11.1. The summed E-state index contributed by atoms with van der Waals surface area (Å²) in [6.07, 6.45) is 3.04. The van der Waals surface area contributed by atoms with Gasteiger partial charge in [0.2, 0.25) is 5.91 Å². The summed E-state index contributed by atoms with van der Waals surface area (Å²) in [6.45, 7) is 0.384. The Balaban J connectivity index is 1.36. The van der Waals surface area contributed by atoms with Crippen molar-refractivity contribution in [3.05, 3.63) is 46.2 Å². The maximum Gasteiger partial charge on any atom is 0.224 e. The Labute approximate surface area is 137 Å². The van der Waals surface area contributed by atoms with Crippen molar-refractivity contribution >= 4 is 18.1 Å². The average molecular weight is 332 g/mol. The minimum atomic E-state index is -0.252. The van der Waals surface area contributed by atoms with Crippen molar-refractivity contribution in [1.29, 1.82) is 0 Å². The molecule has 1 aromatic carbocycles. The molecule has 2 unspecified atom stereocenters. The van der Waals surface area contributed by atoms with Gasteiger partial charge in [0, 0.05) is 12.0 Å². The third-order valence-electron chi connectivity index (χ3n) is 4.54. The summed E-state index contributed by atoms with van der Waals surface area (Å²) in [5.74, 6) is 0.718. The van der Waals surface area contributed by atoms with Crippen LogP contribution < -0.4 is 5.32 Å². The van der Waals surface area contributed by atoms with E-state index in [-0.39, 0.29) is 23.6 Å². The highest BCUT2D eigenvalue weighted by atomic mass is 32.1. The summed E-state index contributed by atoms with van der Waals surface area (Å²) in [5.41, 5.74) is 1.02. The maximum absolute atomic E-state index is 12.9. The molecule has 0 saturated heterocycles. The lowest BCUT2D eigenvalue weighted by atomic mass is 10.1. The van der Waals surface area contributed by atoms with Crippen molar-refractivity contribution in [3.63, 3.8) is 0 Å². The SMILES string of the molecule is O=C(NCc1n[nH]c(=S)n1C1CC1)C1CC1c1ccc(F)cc1. The number of carbonyl (C=O) groups excluding carboxylic acids is 1. The van der Waals surface area contributed by atoms with Crippen LogP contribution >= 0.6 is 12.2 Å². The number of aromatic nitrogens is 3. The molecule has 23 heavy (non-hydrogen) atoms. The number of nitrogens with one attached hydrogen (secondary N) is 2. The highest BCUT2D eigenvalue weighted by Gasteiger charge is 2.43. The van der Waals surface area contributed by atoms with Gasteiger partial charge in [-0.3, -0.25) is 14.5 Å². The quantitative estimate of drug-likeness (QED) is 0.828. The van der Waals surface area contributed by atoms with Crippen LogP contribution in [0.15, 0.2) is 24.3 Å². The Morgan fingerprint density at radius 2 is 2.13 bits per heavy atom. The number of hydrogen-bond acceptors (Lipinski definition) is 3. The van der Waals surface area contributed by atoms with Gasteiger partial charge in [0.15, 0.2) is 10.6 Å². The molecule has 1 amide bonds. The molecule has 2 saturated carbocycles. The summed E-state index contributed by atoms with van der Waals surface area (Å²) in [5, 5.41) is 9.95. The molecular formula is C16H17FN4OS. The fourth-order valence-electron chi connectivity index (χ4n) is 3.03. The molecule has 0 aliphatic heterocycles. The number of amides is 1. The zero-order chi connectivity index (χ0) is 16.0. The number of hydrogen-bond donors (Lipinski definition) is 2. The Bertz CT molecular complexity index is 793. The number of H-pyrrole nitrogens is 1. The molecule has 2 aliphatic rings. The molecular weight excluding hydrogens is 315 g/mol. The number of benzene rings is 1. The normalized spacial score (nSPS) is 22.8. The molecule has 1 heterocycles. The molecule has 2 aliphatic carbocycles. The van der Waals surface area contributed by atoms with Gasteiger partial charge in [-0.1, -0.05) is 12.1 Å². The van der Waals surface area contributed by atoms with Gasteiger partial charge in [0.1, 0.15) is 5.82 Å². The molecule has 0 spiro atoms. The molecule has 2 N–H and O–H groups in total. The lowest BCUT2D eigenvalue weighted by Crippen LogP contribution is -2.26. The number of aromatic amines is 1. The summed E-state index contributed by atoms with van der Waals surface area (Å²) >= 11 is 5.23. The van der Waals surface area contributed by atoms with Crippen LogP contribution in [-0.4, -0.2) is 20.7 Å². The Kier molecular flexibility index (Phi) is 3.52. The molecule has 0 radical (unpaired) electrons.